The van der Waals surface area contributed by atoms with E-state index in [2.05, 4.69) is 10.1 Å². The van der Waals surface area contributed by atoms with Crippen molar-refractivity contribution in [3.63, 3.8) is 0 Å². The van der Waals surface area contributed by atoms with Crippen LogP contribution in [-0.2, 0) is 25.4 Å². The van der Waals surface area contributed by atoms with E-state index in [-0.39, 0.29) is 30.6 Å². The lowest BCUT2D eigenvalue weighted by molar-refractivity contribution is -0.137. The fourth-order valence-corrected chi connectivity index (χ4v) is 2.87. The number of amides is 1. The Labute approximate surface area is 182 Å². The number of benzene rings is 1. The van der Waals surface area contributed by atoms with Gasteiger partial charge in [-0.1, -0.05) is 12.1 Å². The van der Waals surface area contributed by atoms with E-state index in [0.717, 1.165) is 0 Å². The molecule has 0 radical (unpaired) electrons. The second-order valence-electron chi connectivity index (χ2n) is 7.26. The molecule has 0 saturated heterocycles. The molecule has 2 N–H and O–H groups in total. The molecule has 1 aromatic carbocycles. The number of esters is 1. The van der Waals surface area contributed by atoms with E-state index in [4.69, 9.17) is 14.1 Å². The van der Waals surface area contributed by atoms with E-state index in [0.29, 0.717) is 5.56 Å². The van der Waals surface area contributed by atoms with E-state index in [1.165, 1.54) is 12.1 Å². The van der Waals surface area contributed by atoms with Crippen molar-refractivity contribution in [2.45, 2.75) is 57.8 Å². The van der Waals surface area contributed by atoms with Crippen molar-refractivity contribution in [3.05, 3.63) is 29.3 Å². The molecule has 1 aliphatic heterocycles. The molecule has 0 saturated carbocycles. The Bertz CT molecular complexity index is 833. The molecule has 0 unspecified atom stereocenters. The van der Waals surface area contributed by atoms with Gasteiger partial charge in [-0.15, -0.1) is 0 Å². The van der Waals surface area contributed by atoms with Crippen LogP contribution in [0, 0.1) is 0 Å². The van der Waals surface area contributed by atoms with Gasteiger partial charge in [0, 0.05) is 12.8 Å². The number of ether oxygens (including phenoxy) is 3. The van der Waals surface area contributed by atoms with Gasteiger partial charge >= 0.3 is 25.4 Å². The van der Waals surface area contributed by atoms with Gasteiger partial charge in [-0.05, 0) is 38.3 Å². The molecule has 32 heavy (non-hydrogen) atoms. The van der Waals surface area contributed by atoms with Crippen molar-refractivity contribution in [3.8, 4) is 5.75 Å². The average molecular weight is 461 g/mol. The number of carbonyl (C=O) groups is 3. The molecule has 1 aliphatic rings. The summed E-state index contributed by atoms with van der Waals surface area (Å²) in [6.07, 6.45) is -7.52. The van der Waals surface area contributed by atoms with Crippen molar-refractivity contribution >= 4 is 25.2 Å². The molecule has 9 nitrogen and oxygen atoms in total. The maximum atomic E-state index is 12.3. The second kappa shape index (κ2) is 11.1. The van der Waals surface area contributed by atoms with Crippen molar-refractivity contribution < 1.29 is 51.4 Å². The van der Waals surface area contributed by atoms with Crippen LogP contribution in [0.3, 0.4) is 0 Å². The summed E-state index contributed by atoms with van der Waals surface area (Å²) < 4.78 is 56.2. The van der Waals surface area contributed by atoms with Crippen LogP contribution in [0.25, 0.3) is 0 Å². The van der Waals surface area contributed by atoms with Gasteiger partial charge in [0.25, 0.3) is 0 Å². The van der Waals surface area contributed by atoms with E-state index in [9.17, 15) is 32.6 Å². The third kappa shape index (κ3) is 7.95. The first-order valence-electron chi connectivity index (χ1n) is 9.79. The number of halogens is 3. The van der Waals surface area contributed by atoms with Gasteiger partial charge in [-0.25, -0.2) is 9.59 Å². The highest BCUT2D eigenvalue weighted by Crippen LogP contribution is 2.31. The first kappa shape index (κ1) is 25.3. The summed E-state index contributed by atoms with van der Waals surface area (Å²) in [6.45, 7) is 2.53. The molecule has 0 aromatic heterocycles. The Morgan fingerprint density at radius 3 is 2.66 bits per heavy atom. The van der Waals surface area contributed by atoms with Gasteiger partial charge in [0.2, 0.25) is 12.7 Å². The molecule has 0 bridgehead atoms. The third-order valence-corrected chi connectivity index (χ3v) is 4.25. The fourth-order valence-electron chi connectivity index (χ4n) is 2.87. The minimum absolute atomic E-state index is 0.0253. The number of para-hydroxylation sites is 1. The van der Waals surface area contributed by atoms with Gasteiger partial charge in [0.15, 0.2) is 0 Å². The van der Waals surface area contributed by atoms with E-state index < -0.39 is 56.6 Å². The number of nitrogens with one attached hydrogen (secondary N) is 1. The van der Waals surface area contributed by atoms with Gasteiger partial charge < -0.3 is 29.2 Å². The van der Waals surface area contributed by atoms with Crippen LogP contribution >= 0.6 is 0 Å². The minimum atomic E-state index is -4.35. The molecule has 1 heterocycles. The normalized spacial score (nSPS) is 15.5. The van der Waals surface area contributed by atoms with E-state index >= 15 is 0 Å². The first-order chi connectivity index (χ1) is 15.0. The summed E-state index contributed by atoms with van der Waals surface area (Å²) in [7, 11) is -1.54. The summed E-state index contributed by atoms with van der Waals surface area (Å²) in [5.74, 6) is -2.44. The maximum absolute atomic E-state index is 12.3. The Kier molecular flexibility index (Phi) is 8.76. The van der Waals surface area contributed by atoms with Crippen LogP contribution in [0.5, 0.6) is 5.75 Å². The predicted octanol–water partition coefficient (Wildman–Crippen LogP) is 2.53. The van der Waals surface area contributed by atoms with Crippen LogP contribution in [0.2, 0.25) is 0 Å². The van der Waals surface area contributed by atoms with Crippen LogP contribution in [0.1, 0.15) is 49.0 Å². The Balaban J connectivity index is 1.94. The zero-order valence-corrected chi connectivity index (χ0v) is 17.4. The predicted molar refractivity (Wildman–Crippen MR) is 104 cm³/mol. The average Bonchev–Trinajstić information content (AvgIpc) is 2.66. The van der Waals surface area contributed by atoms with Crippen molar-refractivity contribution in [2.75, 3.05) is 6.79 Å². The summed E-state index contributed by atoms with van der Waals surface area (Å²) in [4.78, 5) is 35.5. The topological polar surface area (TPSA) is 120 Å². The van der Waals surface area contributed by atoms with Crippen LogP contribution in [0.4, 0.5) is 18.0 Å². The highest BCUT2D eigenvalue weighted by molar-refractivity contribution is 6.47. The van der Waals surface area contributed by atoms with Crippen molar-refractivity contribution in [1.82, 2.24) is 5.32 Å². The second-order valence-corrected chi connectivity index (χ2v) is 7.26. The summed E-state index contributed by atoms with van der Waals surface area (Å²) >= 11 is 0. The van der Waals surface area contributed by atoms with Gasteiger partial charge in [-0.2, -0.15) is 13.2 Å². The number of alkyl halides is 3. The number of rotatable bonds is 8. The standard InChI is InChI=1S/C19H23BF3NO8/c1-11(2)31-18(27)30-10-29-17(26)13-6-3-5-12-9-14(20(28)32-16(12)13)24-15(25)7-4-8-19(21,22)23/h3,5-6,11,14,28H,4,7-10H2,1-2H3,(H,24,25)/t14-/m0/s1. The summed E-state index contributed by atoms with van der Waals surface area (Å²) in [6, 6.07) is 4.49. The van der Waals surface area contributed by atoms with Crippen LogP contribution < -0.4 is 9.97 Å². The molecule has 176 valence electrons. The molecule has 2 rings (SSSR count). The lowest BCUT2D eigenvalue weighted by Gasteiger charge is -2.29. The SMILES string of the molecule is CC(C)OC(=O)OCOC(=O)c1cccc2c1OB(O)[C@@H](NC(=O)CCCC(F)(F)F)C2. The van der Waals surface area contributed by atoms with Gasteiger partial charge in [0.05, 0.1) is 12.0 Å². The highest BCUT2D eigenvalue weighted by Gasteiger charge is 2.38. The lowest BCUT2D eigenvalue weighted by Crippen LogP contribution is -2.53. The van der Waals surface area contributed by atoms with Crippen molar-refractivity contribution in [1.29, 1.82) is 0 Å². The van der Waals surface area contributed by atoms with E-state index in [1.807, 2.05) is 0 Å². The number of carbonyl (C=O) groups excluding carboxylic acids is 3. The zero-order valence-electron chi connectivity index (χ0n) is 17.4. The van der Waals surface area contributed by atoms with E-state index in [1.54, 1.807) is 19.9 Å². The largest absolute Gasteiger partial charge is 0.547 e. The molecule has 1 aromatic rings. The Morgan fingerprint density at radius 1 is 1.28 bits per heavy atom. The molecule has 1 atom stereocenters. The van der Waals surface area contributed by atoms with Crippen LogP contribution in [-0.4, -0.2) is 55.2 Å². The zero-order chi connectivity index (χ0) is 23.9. The number of hydrogen-bond donors (Lipinski definition) is 2. The number of fused-ring (bicyclic) bond motifs is 1. The third-order valence-electron chi connectivity index (χ3n) is 4.25. The summed E-state index contributed by atoms with van der Waals surface area (Å²) in [5.41, 5.74) is 0.419. The van der Waals surface area contributed by atoms with Gasteiger partial charge in [0.1, 0.15) is 11.3 Å². The Morgan fingerprint density at radius 2 is 2.00 bits per heavy atom. The molecule has 0 fully saturated rings. The number of hydrogen-bond acceptors (Lipinski definition) is 8. The monoisotopic (exact) mass is 461 g/mol. The molecule has 0 spiro atoms. The van der Waals surface area contributed by atoms with Crippen molar-refractivity contribution in [2.24, 2.45) is 0 Å². The summed E-state index contributed by atoms with van der Waals surface area (Å²) in [5, 5.41) is 12.6. The first-order valence-corrected chi connectivity index (χ1v) is 9.79. The fraction of sp³-hybridized carbons (Fsp3) is 0.526. The molecular weight excluding hydrogens is 438 g/mol. The Hall–Kier alpha value is -2.96. The maximum Gasteiger partial charge on any atom is 0.547 e. The molecular formula is C19H23BF3NO8. The lowest BCUT2D eigenvalue weighted by atomic mass is 9.72. The van der Waals surface area contributed by atoms with Crippen LogP contribution in [0.15, 0.2) is 18.2 Å². The minimum Gasteiger partial charge on any atom is -0.534 e. The molecule has 1 amide bonds. The smallest absolute Gasteiger partial charge is 0.534 e. The quantitative estimate of drug-likeness (QED) is 0.344. The molecule has 0 aliphatic carbocycles. The highest BCUT2D eigenvalue weighted by atomic mass is 19.4. The molecule has 13 heteroatoms. The van der Waals surface area contributed by atoms with Gasteiger partial charge in [-0.3, -0.25) is 4.79 Å².